The minimum absolute atomic E-state index is 0.0859. The van der Waals surface area contributed by atoms with Gasteiger partial charge in [0.15, 0.2) is 5.78 Å². The van der Waals surface area contributed by atoms with Crippen LogP contribution in [0.1, 0.15) is 46.4 Å². The number of imidazole rings is 1. The molecule has 4 N–H and O–H groups in total. The Bertz CT molecular complexity index is 930. The summed E-state index contributed by atoms with van der Waals surface area (Å²) in [5.74, 6) is 0.535. The molecule has 29 heavy (non-hydrogen) atoms. The van der Waals surface area contributed by atoms with Gasteiger partial charge in [0.1, 0.15) is 6.33 Å². The number of carbonyl (C=O) groups excluding carboxylic acids is 3. The summed E-state index contributed by atoms with van der Waals surface area (Å²) in [7, 11) is 0. The number of thioether (sulfide) groups is 1. The first-order valence-corrected chi connectivity index (χ1v) is 10.7. The topological polar surface area (TPSA) is 119 Å². The van der Waals surface area contributed by atoms with Gasteiger partial charge < -0.3 is 16.4 Å². The largest absolute Gasteiger partial charge is 0.399 e. The van der Waals surface area contributed by atoms with E-state index in [4.69, 9.17) is 5.73 Å². The molecular weight excluding hydrogens is 390 g/mol. The van der Waals surface area contributed by atoms with Crippen LogP contribution in [0.25, 0.3) is 0 Å². The van der Waals surface area contributed by atoms with Gasteiger partial charge in [-0.3, -0.25) is 14.2 Å². The Morgan fingerprint density at radius 3 is 2.90 bits per heavy atom. The van der Waals surface area contributed by atoms with Crippen molar-refractivity contribution in [3.63, 3.8) is 0 Å². The summed E-state index contributed by atoms with van der Waals surface area (Å²) in [6.45, 7) is 0. The van der Waals surface area contributed by atoms with Crippen molar-refractivity contribution in [3.05, 3.63) is 48.0 Å². The Labute approximate surface area is 172 Å². The molecule has 2 aromatic rings. The number of hydrogen-bond acceptors (Lipinski definition) is 6. The molecule has 2 aliphatic rings. The van der Waals surface area contributed by atoms with E-state index in [1.807, 2.05) is 11.8 Å². The highest BCUT2D eigenvalue weighted by atomic mass is 32.2. The minimum atomic E-state index is -0.302. The van der Waals surface area contributed by atoms with Crippen molar-refractivity contribution >= 4 is 35.2 Å². The highest BCUT2D eigenvalue weighted by molar-refractivity contribution is 8.00. The zero-order valence-corrected chi connectivity index (χ0v) is 16.7. The Balaban J connectivity index is 1.35. The molecule has 3 heterocycles. The van der Waals surface area contributed by atoms with E-state index >= 15 is 0 Å². The Morgan fingerprint density at radius 1 is 1.24 bits per heavy atom. The van der Waals surface area contributed by atoms with Crippen LogP contribution in [0.3, 0.4) is 0 Å². The van der Waals surface area contributed by atoms with E-state index in [0.717, 1.165) is 25.0 Å². The molecule has 152 valence electrons. The molecule has 2 amide bonds. The number of nitrogen functional groups attached to an aromatic ring is 1. The van der Waals surface area contributed by atoms with Crippen LogP contribution in [0.5, 0.6) is 0 Å². The average Bonchev–Trinajstić information content (AvgIpc) is 3.43. The zero-order valence-electron chi connectivity index (χ0n) is 15.8. The first-order chi connectivity index (χ1) is 14.0. The van der Waals surface area contributed by atoms with E-state index in [1.54, 1.807) is 24.4 Å². The Kier molecular flexibility index (Phi) is 5.57. The molecule has 0 bridgehead atoms. The number of rotatable bonds is 7. The summed E-state index contributed by atoms with van der Waals surface area (Å²) in [5, 5.41) is 6.29. The lowest BCUT2D eigenvalue weighted by atomic mass is 9.97. The quantitative estimate of drug-likeness (QED) is 0.277. The normalized spacial score (nSPS) is 22.8. The lowest BCUT2D eigenvalue weighted by Gasteiger charge is -2.16. The number of nitrogens with one attached hydrogen (secondary N) is 2. The number of nitrogens with two attached hydrogens (primary N) is 1. The first-order valence-electron chi connectivity index (χ1n) is 9.67. The van der Waals surface area contributed by atoms with Gasteiger partial charge in [-0.15, -0.1) is 0 Å². The van der Waals surface area contributed by atoms with Gasteiger partial charge in [-0.25, -0.2) is 9.78 Å². The standard InChI is InChI=1S/C20H23N5O3S/c21-12-5-6-13(19(27)25-8-7-22-11-25)14(9-12)16(26)3-1-2-4-17-18-15(10-29-17)23-20(28)24-18/h5-9,11,15,17-18H,1-4,10,21H2,(H2,23,24,28)/t15-,17-,18-/m0/s1. The van der Waals surface area contributed by atoms with Gasteiger partial charge in [0.2, 0.25) is 0 Å². The molecule has 0 radical (unpaired) electrons. The van der Waals surface area contributed by atoms with Crippen molar-refractivity contribution in [3.8, 4) is 0 Å². The second kappa shape index (κ2) is 8.28. The number of benzene rings is 1. The van der Waals surface area contributed by atoms with Gasteiger partial charge in [-0.1, -0.05) is 6.42 Å². The lowest BCUT2D eigenvalue weighted by Crippen LogP contribution is -2.36. The number of urea groups is 1. The molecule has 3 atom stereocenters. The van der Waals surface area contributed by atoms with Crippen LogP contribution in [0.4, 0.5) is 10.5 Å². The highest BCUT2D eigenvalue weighted by Crippen LogP contribution is 2.33. The molecule has 2 aliphatic heterocycles. The molecule has 9 heteroatoms. The van der Waals surface area contributed by atoms with Gasteiger partial charge in [0, 0.05) is 41.1 Å². The molecule has 0 saturated carbocycles. The van der Waals surface area contributed by atoms with Crippen LogP contribution in [-0.4, -0.2) is 50.4 Å². The van der Waals surface area contributed by atoms with Gasteiger partial charge in [0.25, 0.3) is 5.91 Å². The fourth-order valence-corrected chi connectivity index (χ4v) is 5.45. The number of anilines is 1. The van der Waals surface area contributed by atoms with Crippen molar-refractivity contribution in [2.75, 3.05) is 11.5 Å². The maximum atomic E-state index is 12.8. The van der Waals surface area contributed by atoms with Crippen molar-refractivity contribution in [1.82, 2.24) is 20.2 Å². The van der Waals surface area contributed by atoms with Crippen LogP contribution in [0, 0.1) is 0 Å². The minimum Gasteiger partial charge on any atom is -0.399 e. The summed E-state index contributed by atoms with van der Waals surface area (Å²) < 4.78 is 1.35. The summed E-state index contributed by atoms with van der Waals surface area (Å²) in [6, 6.07) is 5.09. The molecule has 0 aliphatic carbocycles. The van der Waals surface area contributed by atoms with Gasteiger partial charge in [-0.2, -0.15) is 11.8 Å². The second-order valence-corrected chi connectivity index (χ2v) is 8.64. The van der Waals surface area contributed by atoms with E-state index in [-0.39, 0.29) is 29.8 Å². The molecule has 1 aromatic carbocycles. The van der Waals surface area contributed by atoms with Gasteiger partial charge in [-0.05, 0) is 31.0 Å². The van der Waals surface area contributed by atoms with E-state index in [9.17, 15) is 14.4 Å². The van der Waals surface area contributed by atoms with E-state index in [0.29, 0.717) is 28.5 Å². The summed E-state index contributed by atoms with van der Waals surface area (Å²) in [6.07, 6.45) is 7.39. The summed E-state index contributed by atoms with van der Waals surface area (Å²) in [5.41, 5.74) is 6.99. The molecule has 2 saturated heterocycles. The highest BCUT2D eigenvalue weighted by Gasteiger charge is 2.42. The fraction of sp³-hybridized carbons (Fsp3) is 0.400. The third-order valence-electron chi connectivity index (χ3n) is 5.39. The van der Waals surface area contributed by atoms with Crippen molar-refractivity contribution in [2.24, 2.45) is 0 Å². The maximum absolute atomic E-state index is 12.8. The Morgan fingerprint density at radius 2 is 2.10 bits per heavy atom. The number of amides is 2. The third kappa shape index (κ3) is 4.14. The van der Waals surface area contributed by atoms with Crippen LogP contribution in [0.15, 0.2) is 36.9 Å². The summed E-state index contributed by atoms with van der Waals surface area (Å²) in [4.78, 5) is 40.8. The Hall–Kier alpha value is -2.81. The summed E-state index contributed by atoms with van der Waals surface area (Å²) >= 11 is 1.87. The number of Topliss-reactive ketones (excluding diaryl/α,β-unsaturated/α-hetero) is 1. The average molecular weight is 414 g/mol. The third-order valence-corrected chi connectivity index (χ3v) is 6.90. The van der Waals surface area contributed by atoms with Crippen LogP contribution >= 0.6 is 11.8 Å². The van der Waals surface area contributed by atoms with Gasteiger partial charge in [0.05, 0.1) is 17.6 Å². The number of aromatic nitrogens is 2. The smallest absolute Gasteiger partial charge is 0.315 e. The molecule has 0 spiro atoms. The zero-order chi connectivity index (χ0) is 20.4. The SMILES string of the molecule is Nc1ccc(C(=O)n2ccnc2)c(C(=O)CCCC[C@@H]2SC[C@@H]3NC(=O)N[C@@H]32)c1. The fourth-order valence-electron chi connectivity index (χ4n) is 3.91. The van der Waals surface area contributed by atoms with Crippen molar-refractivity contribution in [1.29, 1.82) is 0 Å². The van der Waals surface area contributed by atoms with E-state index in [1.165, 1.54) is 17.1 Å². The predicted octanol–water partition coefficient (Wildman–Crippen LogP) is 2.06. The number of ketones is 1. The van der Waals surface area contributed by atoms with E-state index in [2.05, 4.69) is 15.6 Å². The molecule has 1 aromatic heterocycles. The predicted molar refractivity (Wildman–Crippen MR) is 111 cm³/mol. The molecule has 0 unspecified atom stereocenters. The number of fused-ring (bicyclic) bond motifs is 1. The maximum Gasteiger partial charge on any atom is 0.315 e. The van der Waals surface area contributed by atoms with E-state index < -0.39 is 0 Å². The van der Waals surface area contributed by atoms with Crippen LogP contribution in [-0.2, 0) is 0 Å². The number of carbonyl (C=O) groups is 3. The molecule has 4 rings (SSSR count). The van der Waals surface area contributed by atoms with Gasteiger partial charge >= 0.3 is 6.03 Å². The number of unbranched alkanes of at least 4 members (excludes halogenated alkanes) is 1. The van der Waals surface area contributed by atoms with Crippen LogP contribution < -0.4 is 16.4 Å². The van der Waals surface area contributed by atoms with Crippen molar-refractivity contribution < 1.29 is 14.4 Å². The number of hydrogen-bond donors (Lipinski definition) is 3. The molecule has 2 fully saturated rings. The van der Waals surface area contributed by atoms with Crippen LogP contribution in [0.2, 0.25) is 0 Å². The molecule has 8 nitrogen and oxygen atoms in total. The molecular formula is C20H23N5O3S. The monoisotopic (exact) mass is 413 g/mol. The lowest BCUT2D eigenvalue weighted by molar-refractivity contribution is 0.0934. The van der Waals surface area contributed by atoms with Crippen molar-refractivity contribution in [2.45, 2.75) is 43.0 Å². The second-order valence-electron chi connectivity index (χ2n) is 7.37. The number of nitrogens with zero attached hydrogens (tertiary/aromatic N) is 2. The first kappa shape index (κ1) is 19.5.